The maximum Gasteiger partial charge on any atom is 0.573 e. The maximum atomic E-state index is 13.5. The minimum atomic E-state index is -4.83. The summed E-state index contributed by atoms with van der Waals surface area (Å²) in [6, 6.07) is 18.5. The Kier molecular flexibility index (Phi) is 11.6. The summed E-state index contributed by atoms with van der Waals surface area (Å²) >= 11 is 0. The molecule has 0 saturated carbocycles. The van der Waals surface area contributed by atoms with E-state index in [2.05, 4.69) is 35.3 Å². The van der Waals surface area contributed by atoms with E-state index in [1.54, 1.807) is 0 Å². The lowest BCUT2D eigenvalue weighted by molar-refractivity contribution is -0.274. The molecular formula is C35H37F3O. The van der Waals surface area contributed by atoms with Gasteiger partial charge in [0.15, 0.2) is 0 Å². The monoisotopic (exact) mass is 530 g/mol. The van der Waals surface area contributed by atoms with E-state index in [0.29, 0.717) is 12.0 Å². The van der Waals surface area contributed by atoms with Crippen LogP contribution in [0.3, 0.4) is 0 Å². The second kappa shape index (κ2) is 15.1. The summed E-state index contributed by atoms with van der Waals surface area (Å²) < 4.78 is 44.9. The largest absolute Gasteiger partial charge is 0.573 e. The molecule has 1 nitrogen and oxygen atoms in total. The van der Waals surface area contributed by atoms with Crippen molar-refractivity contribution in [1.29, 1.82) is 0 Å². The zero-order valence-electron chi connectivity index (χ0n) is 23.2. The summed E-state index contributed by atoms with van der Waals surface area (Å²) in [5.41, 5.74) is 5.23. The van der Waals surface area contributed by atoms with E-state index in [0.717, 1.165) is 47.1 Å². The number of unbranched alkanes of at least 4 members (excludes halogenated alkanes) is 7. The van der Waals surface area contributed by atoms with Gasteiger partial charge in [-0.25, -0.2) is 0 Å². The molecule has 0 spiro atoms. The molecule has 0 aliphatic rings. The highest BCUT2D eigenvalue weighted by atomic mass is 19.4. The molecule has 0 aliphatic heterocycles. The van der Waals surface area contributed by atoms with Gasteiger partial charge < -0.3 is 4.74 Å². The molecule has 0 unspecified atom stereocenters. The van der Waals surface area contributed by atoms with Crippen molar-refractivity contribution in [2.24, 2.45) is 0 Å². The fourth-order valence-corrected chi connectivity index (χ4v) is 4.29. The topological polar surface area (TPSA) is 9.23 Å². The zero-order valence-corrected chi connectivity index (χ0v) is 23.2. The quantitative estimate of drug-likeness (QED) is 0.187. The van der Waals surface area contributed by atoms with Crippen molar-refractivity contribution in [3.8, 4) is 29.4 Å². The SMILES string of the molecule is CCCCCCCCCCc1cc(C#Cc2ccc(C)cc2)cc(OC(F)(F)F)c1C#Cc1ccc(C)cc1. The Balaban J connectivity index is 1.93. The normalized spacial score (nSPS) is 10.8. The van der Waals surface area contributed by atoms with Crippen molar-refractivity contribution in [3.63, 3.8) is 0 Å². The first-order valence-electron chi connectivity index (χ1n) is 13.8. The first-order valence-corrected chi connectivity index (χ1v) is 13.8. The van der Waals surface area contributed by atoms with E-state index in [1.807, 2.05) is 68.4 Å². The summed E-state index contributed by atoms with van der Waals surface area (Å²) in [4.78, 5) is 0. The van der Waals surface area contributed by atoms with Crippen molar-refractivity contribution in [3.05, 3.63) is 99.6 Å². The average molecular weight is 531 g/mol. The Morgan fingerprint density at radius 1 is 0.615 bits per heavy atom. The lowest BCUT2D eigenvalue weighted by Crippen LogP contribution is -2.18. The van der Waals surface area contributed by atoms with Gasteiger partial charge in [0.05, 0.1) is 5.56 Å². The van der Waals surface area contributed by atoms with Gasteiger partial charge in [-0.1, -0.05) is 111 Å². The van der Waals surface area contributed by atoms with Gasteiger partial charge >= 0.3 is 6.36 Å². The third kappa shape index (κ3) is 10.9. The van der Waals surface area contributed by atoms with Crippen LogP contribution < -0.4 is 4.74 Å². The van der Waals surface area contributed by atoms with Crippen molar-refractivity contribution >= 4 is 0 Å². The Labute approximate surface area is 231 Å². The Morgan fingerprint density at radius 2 is 1.10 bits per heavy atom. The Morgan fingerprint density at radius 3 is 1.64 bits per heavy atom. The molecule has 0 fully saturated rings. The summed E-state index contributed by atoms with van der Waals surface area (Å²) in [5.74, 6) is 11.8. The molecule has 0 saturated heterocycles. The molecule has 0 aliphatic carbocycles. The smallest absolute Gasteiger partial charge is 0.404 e. The van der Waals surface area contributed by atoms with Gasteiger partial charge in [-0.05, 0) is 68.7 Å². The van der Waals surface area contributed by atoms with E-state index in [-0.39, 0.29) is 11.3 Å². The predicted octanol–water partition coefficient (Wildman–Crippen LogP) is 9.68. The highest BCUT2D eigenvalue weighted by Crippen LogP contribution is 2.31. The molecule has 3 aromatic carbocycles. The number of alkyl halides is 3. The van der Waals surface area contributed by atoms with Crippen molar-refractivity contribution in [2.45, 2.75) is 84.9 Å². The number of hydrogen-bond donors (Lipinski definition) is 0. The van der Waals surface area contributed by atoms with Gasteiger partial charge in [-0.3, -0.25) is 0 Å². The molecule has 0 amide bonds. The molecule has 0 heterocycles. The number of halogens is 3. The van der Waals surface area contributed by atoms with Crippen LogP contribution >= 0.6 is 0 Å². The van der Waals surface area contributed by atoms with Crippen LogP contribution in [0.25, 0.3) is 0 Å². The Bertz CT molecular complexity index is 1310. The van der Waals surface area contributed by atoms with Gasteiger partial charge in [0.25, 0.3) is 0 Å². The van der Waals surface area contributed by atoms with Gasteiger partial charge in [-0.2, -0.15) is 0 Å². The fraction of sp³-hybridized carbons (Fsp3) is 0.371. The van der Waals surface area contributed by atoms with E-state index in [4.69, 9.17) is 0 Å². The molecular weight excluding hydrogens is 493 g/mol. The lowest BCUT2D eigenvalue weighted by Gasteiger charge is -2.15. The highest BCUT2D eigenvalue weighted by molar-refractivity contribution is 5.59. The fourth-order valence-electron chi connectivity index (χ4n) is 4.29. The van der Waals surface area contributed by atoms with Crippen LogP contribution in [0.4, 0.5) is 13.2 Å². The molecule has 3 aromatic rings. The van der Waals surface area contributed by atoms with E-state index >= 15 is 0 Å². The average Bonchev–Trinajstić information content (AvgIpc) is 2.89. The minimum absolute atomic E-state index is 0.275. The number of ether oxygens (including phenoxy) is 1. The number of rotatable bonds is 10. The molecule has 0 radical (unpaired) electrons. The first kappa shape index (κ1) is 29.9. The van der Waals surface area contributed by atoms with Crippen LogP contribution in [0.5, 0.6) is 5.75 Å². The molecule has 4 heteroatoms. The molecule has 0 aromatic heterocycles. The van der Waals surface area contributed by atoms with Gasteiger partial charge in [-0.15, -0.1) is 13.2 Å². The molecule has 204 valence electrons. The number of aryl methyl sites for hydroxylation is 3. The van der Waals surface area contributed by atoms with Gasteiger partial charge in [0.1, 0.15) is 5.75 Å². The molecule has 0 N–H and O–H groups in total. The van der Waals surface area contributed by atoms with E-state index in [9.17, 15) is 13.2 Å². The highest BCUT2D eigenvalue weighted by Gasteiger charge is 2.32. The van der Waals surface area contributed by atoms with Gasteiger partial charge in [0.2, 0.25) is 0 Å². The second-order valence-electron chi connectivity index (χ2n) is 10.0. The summed E-state index contributed by atoms with van der Waals surface area (Å²) in [7, 11) is 0. The Hall–Kier alpha value is -3.63. The molecule has 0 bridgehead atoms. The number of benzene rings is 3. The van der Waals surface area contributed by atoms with Crippen LogP contribution in [-0.4, -0.2) is 6.36 Å². The lowest BCUT2D eigenvalue weighted by atomic mass is 9.96. The van der Waals surface area contributed by atoms with Crippen LogP contribution in [0, 0.1) is 37.5 Å². The second-order valence-corrected chi connectivity index (χ2v) is 10.0. The van der Waals surface area contributed by atoms with Crippen LogP contribution in [0.1, 0.15) is 97.2 Å². The van der Waals surface area contributed by atoms with Crippen molar-refractivity contribution in [1.82, 2.24) is 0 Å². The van der Waals surface area contributed by atoms with E-state index < -0.39 is 6.36 Å². The first-order chi connectivity index (χ1) is 18.7. The standard InChI is InChI=1S/C35H37F3O/c1-4-5-6-7-8-9-10-11-12-32-25-31(22-21-29-17-13-27(2)14-18-29)26-34(39-35(36,37)38)33(32)24-23-30-19-15-28(3)16-20-30/h13-20,25-26H,4-12H2,1-3H3. The summed E-state index contributed by atoms with van der Waals surface area (Å²) in [5, 5.41) is 0. The van der Waals surface area contributed by atoms with Crippen LogP contribution in [-0.2, 0) is 6.42 Å². The maximum absolute atomic E-state index is 13.5. The third-order valence-electron chi connectivity index (χ3n) is 6.50. The van der Waals surface area contributed by atoms with Crippen molar-refractivity contribution in [2.75, 3.05) is 0 Å². The van der Waals surface area contributed by atoms with Crippen LogP contribution in [0.15, 0.2) is 60.7 Å². The predicted molar refractivity (Wildman–Crippen MR) is 154 cm³/mol. The van der Waals surface area contributed by atoms with Crippen LogP contribution in [0.2, 0.25) is 0 Å². The minimum Gasteiger partial charge on any atom is -0.404 e. The summed E-state index contributed by atoms with van der Waals surface area (Å²) in [6.07, 6.45) is 4.94. The molecule has 39 heavy (non-hydrogen) atoms. The van der Waals surface area contributed by atoms with Gasteiger partial charge in [0, 0.05) is 16.7 Å². The molecule has 3 rings (SSSR count). The molecule has 0 atom stereocenters. The summed E-state index contributed by atoms with van der Waals surface area (Å²) in [6.45, 7) is 6.17. The number of hydrogen-bond acceptors (Lipinski definition) is 1. The van der Waals surface area contributed by atoms with Crippen molar-refractivity contribution < 1.29 is 17.9 Å². The zero-order chi connectivity index (χ0) is 28.1. The third-order valence-corrected chi connectivity index (χ3v) is 6.50. The van der Waals surface area contributed by atoms with E-state index in [1.165, 1.54) is 38.2 Å².